The van der Waals surface area contributed by atoms with Gasteiger partial charge in [-0.2, -0.15) is 18.3 Å². The summed E-state index contributed by atoms with van der Waals surface area (Å²) < 4.78 is 42.6. The van der Waals surface area contributed by atoms with Gasteiger partial charge in [0.2, 0.25) is 5.91 Å². The highest BCUT2D eigenvalue weighted by molar-refractivity contribution is 5.80. The number of carbonyl (C=O) groups excluding carboxylic acids is 1. The van der Waals surface area contributed by atoms with Crippen molar-refractivity contribution in [1.82, 2.24) is 15.1 Å². The van der Waals surface area contributed by atoms with Crippen LogP contribution >= 0.6 is 0 Å². The number of halogens is 3. The maximum absolute atomic E-state index is 13.9. The summed E-state index contributed by atoms with van der Waals surface area (Å²) in [4.78, 5) is 12.5. The minimum atomic E-state index is -4.43. The van der Waals surface area contributed by atoms with Crippen LogP contribution in [0.5, 0.6) is 0 Å². The SMILES string of the molecule is CCc1ccc(C2CC(C(F)(F)F)n3ncc(CC(=O)NCC4CCCCC4)c3N2)cc1. The summed E-state index contributed by atoms with van der Waals surface area (Å²) in [6, 6.07) is 5.43. The number of hydrogen-bond acceptors (Lipinski definition) is 3. The van der Waals surface area contributed by atoms with Gasteiger partial charge in [-0.05, 0) is 36.3 Å². The zero-order chi connectivity index (χ0) is 22.7. The summed E-state index contributed by atoms with van der Waals surface area (Å²) in [6.07, 6.45) is 3.60. The van der Waals surface area contributed by atoms with Crippen LogP contribution in [0.1, 0.15) is 74.2 Å². The Morgan fingerprint density at radius 2 is 1.91 bits per heavy atom. The second-order valence-electron chi connectivity index (χ2n) is 9.03. The van der Waals surface area contributed by atoms with E-state index in [1.165, 1.54) is 25.5 Å². The zero-order valence-electron chi connectivity index (χ0n) is 18.4. The summed E-state index contributed by atoms with van der Waals surface area (Å²) in [5.41, 5.74) is 2.43. The minimum Gasteiger partial charge on any atom is -0.363 e. The lowest BCUT2D eigenvalue weighted by molar-refractivity contribution is -0.173. The Morgan fingerprint density at radius 3 is 2.56 bits per heavy atom. The second kappa shape index (κ2) is 9.55. The van der Waals surface area contributed by atoms with Crippen LogP contribution in [-0.4, -0.2) is 28.4 Å². The normalized spacial score (nSPS) is 21.6. The fraction of sp³-hybridized carbons (Fsp3) is 0.583. The van der Waals surface area contributed by atoms with Gasteiger partial charge in [0.15, 0.2) is 6.04 Å². The van der Waals surface area contributed by atoms with Crippen LogP contribution in [0.3, 0.4) is 0 Å². The minimum absolute atomic E-state index is 0.0150. The van der Waals surface area contributed by atoms with Crippen molar-refractivity contribution in [1.29, 1.82) is 0 Å². The van der Waals surface area contributed by atoms with E-state index in [0.29, 0.717) is 18.0 Å². The number of rotatable bonds is 6. The van der Waals surface area contributed by atoms with Crippen LogP contribution < -0.4 is 10.6 Å². The maximum Gasteiger partial charge on any atom is 0.410 e. The third-order valence-corrected chi connectivity index (χ3v) is 6.77. The Bertz CT molecular complexity index is 916. The molecule has 2 heterocycles. The molecule has 2 atom stereocenters. The quantitative estimate of drug-likeness (QED) is 0.627. The number of carbonyl (C=O) groups is 1. The Hall–Kier alpha value is -2.51. The topological polar surface area (TPSA) is 59.0 Å². The first-order valence-electron chi connectivity index (χ1n) is 11.6. The first-order chi connectivity index (χ1) is 15.3. The molecule has 5 nitrogen and oxygen atoms in total. The maximum atomic E-state index is 13.9. The molecule has 0 saturated heterocycles. The smallest absolute Gasteiger partial charge is 0.363 e. The van der Waals surface area contributed by atoms with E-state index in [1.807, 2.05) is 31.2 Å². The van der Waals surface area contributed by atoms with Gasteiger partial charge in [0.1, 0.15) is 5.82 Å². The lowest BCUT2D eigenvalue weighted by atomic mass is 9.89. The molecule has 2 aromatic rings. The molecule has 32 heavy (non-hydrogen) atoms. The Balaban J connectivity index is 1.50. The van der Waals surface area contributed by atoms with E-state index in [-0.39, 0.29) is 24.6 Å². The molecule has 8 heteroatoms. The molecule has 1 aliphatic heterocycles. The van der Waals surface area contributed by atoms with E-state index in [2.05, 4.69) is 15.7 Å². The standard InChI is InChI=1S/C24H31F3N4O/c1-2-16-8-10-18(11-9-16)20-13-21(24(25,26)27)31-23(30-20)19(15-29-31)12-22(32)28-14-17-6-4-3-5-7-17/h8-11,15,17,20-21,30H,2-7,12-14H2,1H3,(H,28,32). The summed E-state index contributed by atoms with van der Waals surface area (Å²) in [6.45, 7) is 2.67. The van der Waals surface area contributed by atoms with Gasteiger partial charge in [0, 0.05) is 18.5 Å². The molecule has 2 N–H and O–H groups in total. The Kier molecular flexibility index (Phi) is 6.76. The highest BCUT2D eigenvalue weighted by atomic mass is 19.4. The molecule has 0 radical (unpaired) electrons. The molecule has 1 amide bonds. The number of nitrogens with one attached hydrogen (secondary N) is 2. The van der Waals surface area contributed by atoms with Crippen LogP contribution in [0.15, 0.2) is 30.5 Å². The first-order valence-corrected chi connectivity index (χ1v) is 11.6. The van der Waals surface area contributed by atoms with Gasteiger partial charge in [-0.15, -0.1) is 0 Å². The van der Waals surface area contributed by atoms with Gasteiger partial charge in [-0.3, -0.25) is 4.79 Å². The van der Waals surface area contributed by atoms with Crippen molar-refractivity contribution in [3.63, 3.8) is 0 Å². The Morgan fingerprint density at radius 1 is 1.19 bits per heavy atom. The Labute approximate surface area is 186 Å². The largest absolute Gasteiger partial charge is 0.410 e. The molecule has 1 aromatic carbocycles. The van der Waals surface area contributed by atoms with Crippen LogP contribution in [-0.2, 0) is 17.6 Å². The van der Waals surface area contributed by atoms with Crippen molar-refractivity contribution >= 4 is 11.7 Å². The van der Waals surface area contributed by atoms with Crippen LogP contribution in [0, 0.1) is 5.92 Å². The van der Waals surface area contributed by atoms with E-state index in [4.69, 9.17) is 0 Å². The predicted octanol–water partition coefficient (Wildman–Crippen LogP) is 5.34. The fourth-order valence-corrected chi connectivity index (χ4v) is 4.83. The van der Waals surface area contributed by atoms with Crippen molar-refractivity contribution in [2.45, 2.75) is 76.6 Å². The molecule has 2 aliphatic rings. The van der Waals surface area contributed by atoms with Gasteiger partial charge in [-0.25, -0.2) is 4.68 Å². The molecule has 1 aliphatic carbocycles. The van der Waals surface area contributed by atoms with Gasteiger partial charge in [0.25, 0.3) is 0 Å². The molecule has 1 fully saturated rings. The van der Waals surface area contributed by atoms with Crippen molar-refractivity contribution in [2.75, 3.05) is 11.9 Å². The summed E-state index contributed by atoms with van der Waals surface area (Å²) in [5.74, 6) is 0.610. The molecular formula is C24H31F3N4O. The number of fused-ring (bicyclic) bond motifs is 1. The van der Waals surface area contributed by atoms with Gasteiger partial charge >= 0.3 is 6.18 Å². The van der Waals surface area contributed by atoms with Crippen molar-refractivity contribution in [3.8, 4) is 0 Å². The number of aromatic nitrogens is 2. The van der Waals surface area contributed by atoms with Crippen molar-refractivity contribution < 1.29 is 18.0 Å². The van der Waals surface area contributed by atoms with Gasteiger partial charge < -0.3 is 10.6 Å². The van der Waals surface area contributed by atoms with E-state index in [1.54, 1.807) is 0 Å². The molecule has 4 rings (SSSR count). The van der Waals surface area contributed by atoms with Crippen LogP contribution in [0.4, 0.5) is 19.0 Å². The number of benzene rings is 1. The van der Waals surface area contributed by atoms with E-state index in [0.717, 1.165) is 35.1 Å². The monoisotopic (exact) mass is 448 g/mol. The van der Waals surface area contributed by atoms with Gasteiger partial charge in [-0.1, -0.05) is 50.5 Å². The van der Waals surface area contributed by atoms with Crippen LogP contribution in [0.2, 0.25) is 0 Å². The number of amides is 1. The molecule has 0 spiro atoms. The third-order valence-electron chi connectivity index (χ3n) is 6.77. The zero-order valence-corrected chi connectivity index (χ0v) is 18.4. The summed E-state index contributed by atoms with van der Waals surface area (Å²) in [7, 11) is 0. The average molecular weight is 449 g/mol. The molecule has 2 unspecified atom stereocenters. The van der Waals surface area contributed by atoms with Crippen molar-refractivity contribution in [2.24, 2.45) is 5.92 Å². The highest BCUT2D eigenvalue weighted by Crippen LogP contribution is 2.44. The van der Waals surface area contributed by atoms with Crippen molar-refractivity contribution in [3.05, 3.63) is 47.2 Å². The third kappa shape index (κ3) is 5.10. The van der Waals surface area contributed by atoms with E-state index < -0.39 is 18.3 Å². The van der Waals surface area contributed by atoms with Gasteiger partial charge in [0.05, 0.1) is 18.7 Å². The number of aryl methyl sites for hydroxylation is 1. The summed E-state index contributed by atoms with van der Waals surface area (Å²) in [5, 5.41) is 10.2. The first kappa shape index (κ1) is 22.7. The molecular weight excluding hydrogens is 417 g/mol. The molecule has 174 valence electrons. The lowest BCUT2D eigenvalue weighted by Crippen LogP contribution is -2.36. The number of alkyl halides is 3. The molecule has 0 bridgehead atoms. The number of nitrogens with zero attached hydrogens (tertiary/aromatic N) is 2. The lowest BCUT2D eigenvalue weighted by Gasteiger charge is -2.34. The van der Waals surface area contributed by atoms with Crippen LogP contribution in [0.25, 0.3) is 0 Å². The van der Waals surface area contributed by atoms with E-state index >= 15 is 0 Å². The predicted molar refractivity (Wildman–Crippen MR) is 117 cm³/mol. The fourth-order valence-electron chi connectivity index (χ4n) is 4.83. The van der Waals surface area contributed by atoms with E-state index in [9.17, 15) is 18.0 Å². The highest BCUT2D eigenvalue weighted by Gasteiger charge is 2.47. The number of anilines is 1. The second-order valence-corrected chi connectivity index (χ2v) is 9.03. The average Bonchev–Trinajstić information content (AvgIpc) is 3.19. The molecule has 1 saturated carbocycles. The molecule has 1 aromatic heterocycles. The number of hydrogen-bond donors (Lipinski definition) is 2. The summed E-state index contributed by atoms with van der Waals surface area (Å²) >= 11 is 0.